The summed E-state index contributed by atoms with van der Waals surface area (Å²) in [5.41, 5.74) is 8.51. The maximum absolute atomic E-state index is 11.9. The van der Waals surface area contributed by atoms with Crippen LogP contribution in [0.4, 0.5) is 5.69 Å². The quantitative estimate of drug-likeness (QED) is 0.153. The van der Waals surface area contributed by atoms with Gasteiger partial charge in [0.05, 0.1) is 13.2 Å². The Labute approximate surface area is 273 Å². The number of hydrogen-bond donors (Lipinski definition) is 1. The van der Waals surface area contributed by atoms with E-state index < -0.39 is 6.10 Å². The molecule has 236 valence electrons. The third kappa shape index (κ3) is 7.97. The van der Waals surface area contributed by atoms with Gasteiger partial charge in [-0.05, 0) is 77.1 Å². The van der Waals surface area contributed by atoms with Crippen molar-refractivity contribution in [1.29, 1.82) is 0 Å². The van der Waals surface area contributed by atoms with Gasteiger partial charge in [0.1, 0.15) is 18.8 Å². The first-order valence-corrected chi connectivity index (χ1v) is 16.2. The molecule has 1 heterocycles. The normalized spacial score (nSPS) is 14.1. The largest absolute Gasteiger partial charge is 0.486 e. The van der Waals surface area contributed by atoms with E-state index in [1.54, 1.807) is 0 Å². The highest BCUT2D eigenvalue weighted by molar-refractivity contribution is 5.57. The van der Waals surface area contributed by atoms with Gasteiger partial charge < -0.3 is 24.2 Å². The van der Waals surface area contributed by atoms with E-state index >= 15 is 0 Å². The molecular weight excluding hydrogens is 570 g/mol. The first-order chi connectivity index (χ1) is 22.5. The lowest BCUT2D eigenvalue weighted by Gasteiger charge is -2.28. The smallest absolute Gasteiger partial charge is 0.161 e. The molecule has 0 amide bonds. The molecule has 0 bridgehead atoms. The van der Waals surface area contributed by atoms with E-state index in [-0.39, 0.29) is 6.10 Å². The molecular formula is C41H43NO4. The molecule has 0 radical (unpaired) electrons. The molecule has 5 nitrogen and oxygen atoms in total. The third-order valence-electron chi connectivity index (χ3n) is 8.63. The zero-order valence-electron chi connectivity index (χ0n) is 26.8. The Morgan fingerprint density at radius 3 is 1.80 bits per heavy atom. The van der Waals surface area contributed by atoms with E-state index in [1.165, 1.54) is 11.1 Å². The molecule has 1 fully saturated rings. The van der Waals surface area contributed by atoms with Crippen molar-refractivity contribution in [3.05, 3.63) is 160 Å². The average Bonchev–Trinajstić information content (AvgIpc) is 3.09. The third-order valence-corrected chi connectivity index (χ3v) is 8.63. The second kappa shape index (κ2) is 15.1. The fourth-order valence-corrected chi connectivity index (χ4v) is 6.19. The van der Waals surface area contributed by atoms with Crippen molar-refractivity contribution in [3.63, 3.8) is 0 Å². The van der Waals surface area contributed by atoms with Gasteiger partial charge in [-0.3, -0.25) is 0 Å². The number of aliphatic hydroxyl groups excluding tert-OH is 1. The molecule has 1 unspecified atom stereocenters. The number of aryl methyl sites for hydroxylation is 2. The van der Waals surface area contributed by atoms with Gasteiger partial charge in [0.2, 0.25) is 0 Å². The maximum atomic E-state index is 11.9. The number of rotatable bonds is 12. The molecule has 5 aromatic carbocycles. The Kier molecular flexibility index (Phi) is 10.3. The highest BCUT2D eigenvalue weighted by Gasteiger charge is 2.23. The molecule has 1 saturated heterocycles. The number of anilines is 1. The number of benzene rings is 5. The minimum atomic E-state index is -0.814. The number of hydrogen-bond acceptors (Lipinski definition) is 5. The van der Waals surface area contributed by atoms with Crippen LogP contribution in [0.2, 0.25) is 0 Å². The second-order valence-corrected chi connectivity index (χ2v) is 12.1. The van der Waals surface area contributed by atoms with Gasteiger partial charge in [0, 0.05) is 31.6 Å². The van der Waals surface area contributed by atoms with Crippen molar-refractivity contribution >= 4 is 5.69 Å². The molecule has 1 aliphatic rings. The minimum absolute atomic E-state index is 0.0446. The predicted molar refractivity (Wildman–Crippen MR) is 184 cm³/mol. The summed E-state index contributed by atoms with van der Waals surface area (Å²) < 4.78 is 18.3. The van der Waals surface area contributed by atoms with Crippen LogP contribution in [0.5, 0.6) is 11.5 Å². The van der Waals surface area contributed by atoms with Crippen molar-refractivity contribution in [2.24, 2.45) is 0 Å². The molecule has 6 rings (SSSR count). The minimum Gasteiger partial charge on any atom is -0.486 e. The van der Waals surface area contributed by atoms with Crippen LogP contribution in [-0.2, 0) is 24.4 Å². The first kappa shape index (κ1) is 31.4. The van der Waals surface area contributed by atoms with Crippen molar-refractivity contribution in [3.8, 4) is 11.5 Å². The maximum Gasteiger partial charge on any atom is 0.161 e. The second-order valence-electron chi connectivity index (χ2n) is 12.1. The van der Waals surface area contributed by atoms with Crippen molar-refractivity contribution in [1.82, 2.24) is 0 Å². The van der Waals surface area contributed by atoms with Crippen molar-refractivity contribution in [2.75, 3.05) is 18.1 Å². The van der Waals surface area contributed by atoms with Gasteiger partial charge in [-0.25, -0.2) is 0 Å². The molecule has 0 aliphatic carbocycles. The van der Waals surface area contributed by atoms with E-state index in [0.29, 0.717) is 31.3 Å². The van der Waals surface area contributed by atoms with Gasteiger partial charge in [-0.15, -0.1) is 0 Å². The van der Waals surface area contributed by atoms with Crippen LogP contribution >= 0.6 is 0 Å². The molecule has 0 aromatic heterocycles. The van der Waals surface area contributed by atoms with E-state index in [1.807, 2.05) is 48.5 Å². The summed E-state index contributed by atoms with van der Waals surface area (Å²) in [4.78, 5) is 2.40. The van der Waals surface area contributed by atoms with Crippen LogP contribution in [0.3, 0.4) is 0 Å². The highest BCUT2D eigenvalue weighted by Crippen LogP contribution is 2.38. The van der Waals surface area contributed by atoms with Crippen LogP contribution in [0.15, 0.2) is 121 Å². The molecule has 0 spiro atoms. The fraction of sp³-hybridized carbons (Fsp3) is 0.268. The number of aliphatic hydroxyl groups is 1. The molecule has 46 heavy (non-hydrogen) atoms. The van der Waals surface area contributed by atoms with E-state index in [0.717, 1.165) is 59.4 Å². The molecule has 1 N–H and O–H groups in total. The Bertz CT molecular complexity index is 1620. The van der Waals surface area contributed by atoms with E-state index in [2.05, 4.69) is 91.5 Å². The lowest BCUT2D eigenvalue weighted by molar-refractivity contribution is 0.0241. The molecule has 1 atom stereocenters. The van der Waals surface area contributed by atoms with E-state index in [4.69, 9.17) is 14.2 Å². The summed E-state index contributed by atoms with van der Waals surface area (Å²) in [6.07, 6.45) is 0.884. The average molecular weight is 614 g/mol. The summed E-state index contributed by atoms with van der Waals surface area (Å²) in [7, 11) is 0. The van der Waals surface area contributed by atoms with Gasteiger partial charge >= 0.3 is 0 Å². The Balaban J connectivity index is 1.28. The number of nitrogens with zero attached hydrogens (tertiary/aromatic N) is 1. The van der Waals surface area contributed by atoms with Gasteiger partial charge in [-0.1, -0.05) is 97.1 Å². The van der Waals surface area contributed by atoms with Crippen molar-refractivity contribution in [2.45, 2.75) is 58.6 Å². The SMILES string of the molecule is Cc1cc(N(Cc2ccccc2)Cc2ccccc2)cc(C)c1C(O)c1ccc(OCc2ccccc2)c(OC2CCOCC2)c1. The summed E-state index contributed by atoms with van der Waals surface area (Å²) in [6.45, 7) is 7.56. The first-order valence-electron chi connectivity index (χ1n) is 16.2. The van der Waals surface area contributed by atoms with Gasteiger partial charge in [-0.2, -0.15) is 0 Å². The van der Waals surface area contributed by atoms with Crippen LogP contribution in [0.25, 0.3) is 0 Å². The highest BCUT2D eigenvalue weighted by atomic mass is 16.5. The molecule has 1 aliphatic heterocycles. The summed E-state index contributed by atoms with van der Waals surface area (Å²) in [5.74, 6) is 1.33. The summed E-state index contributed by atoms with van der Waals surface area (Å²) >= 11 is 0. The van der Waals surface area contributed by atoms with Crippen molar-refractivity contribution < 1.29 is 19.3 Å². The molecule has 5 aromatic rings. The molecule has 0 saturated carbocycles. The summed E-state index contributed by atoms with van der Waals surface area (Å²) in [5, 5.41) is 11.9. The van der Waals surface area contributed by atoms with Crippen LogP contribution in [0.1, 0.15) is 57.9 Å². The lowest BCUT2D eigenvalue weighted by Crippen LogP contribution is -2.26. The standard InChI is InChI=1S/C41H43NO4/c1-30-24-36(42(27-32-12-6-3-7-13-32)28-33-14-8-4-9-15-33)25-31(2)40(30)41(43)35-18-19-38(45-29-34-16-10-5-11-17-34)39(26-35)46-37-20-22-44-23-21-37/h3-19,24-26,37,41,43H,20-23,27-29H2,1-2H3. The van der Waals surface area contributed by atoms with E-state index in [9.17, 15) is 5.11 Å². The zero-order valence-corrected chi connectivity index (χ0v) is 26.8. The lowest BCUT2D eigenvalue weighted by atomic mass is 9.92. The fourth-order valence-electron chi connectivity index (χ4n) is 6.19. The Morgan fingerprint density at radius 1 is 0.696 bits per heavy atom. The van der Waals surface area contributed by atoms with Crippen LogP contribution in [-0.4, -0.2) is 24.4 Å². The zero-order chi connectivity index (χ0) is 31.7. The number of ether oxygens (including phenoxy) is 3. The van der Waals surface area contributed by atoms with Crippen LogP contribution < -0.4 is 14.4 Å². The monoisotopic (exact) mass is 613 g/mol. The summed E-state index contributed by atoms with van der Waals surface area (Å²) in [6, 6.07) is 41.5. The molecule has 5 heteroatoms. The topological polar surface area (TPSA) is 51.2 Å². The Morgan fingerprint density at radius 2 is 1.24 bits per heavy atom. The Hall–Kier alpha value is -4.58. The van der Waals surface area contributed by atoms with Crippen LogP contribution in [0, 0.1) is 13.8 Å². The predicted octanol–water partition coefficient (Wildman–Crippen LogP) is 8.73. The van der Waals surface area contributed by atoms with Gasteiger partial charge in [0.15, 0.2) is 11.5 Å². The van der Waals surface area contributed by atoms with Gasteiger partial charge in [0.25, 0.3) is 0 Å².